The van der Waals surface area contributed by atoms with Gasteiger partial charge in [-0.2, -0.15) is 0 Å². The summed E-state index contributed by atoms with van der Waals surface area (Å²) in [6.07, 6.45) is 5.47. The number of amides is 1. The molecule has 2 aromatic rings. The molecule has 2 rings (SSSR count). The molecule has 0 unspecified atom stereocenters. The number of alkyl carbamates (subject to hydrolysis) is 1. The van der Waals surface area contributed by atoms with Gasteiger partial charge in [-0.05, 0) is 75.2 Å². The van der Waals surface area contributed by atoms with E-state index in [2.05, 4.69) is 5.32 Å². The summed E-state index contributed by atoms with van der Waals surface area (Å²) in [5.74, 6) is 0.578. The monoisotopic (exact) mass is 539 g/mol. The van der Waals surface area contributed by atoms with Gasteiger partial charge in [0, 0.05) is 0 Å². The van der Waals surface area contributed by atoms with Crippen LogP contribution < -0.4 is 24.3 Å². The van der Waals surface area contributed by atoms with E-state index in [0.29, 0.717) is 28.6 Å². The van der Waals surface area contributed by atoms with Crippen LogP contribution in [0.3, 0.4) is 0 Å². The van der Waals surface area contributed by atoms with Crippen LogP contribution in [-0.4, -0.2) is 57.7 Å². The Morgan fingerprint density at radius 2 is 1.28 bits per heavy atom. The lowest BCUT2D eigenvalue weighted by Crippen LogP contribution is -2.34. The third kappa shape index (κ3) is 10.2. The quantitative estimate of drug-likeness (QED) is 0.212. The summed E-state index contributed by atoms with van der Waals surface area (Å²) in [6, 6.07) is 10.4. The minimum absolute atomic E-state index is 0.208. The number of methoxy groups -OCH3 is 3. The van der Waals surface area contributed by atoms with E-state index in [-0.39, 0.29) is 24.7 Å². The van der Waals surface area contributed by atoms with Crippen LogP contribution >= 0.6 is 0 Å². The largest absolute Gasteiger partial charge is 0.493 e. The predicted octanol–water partition coefficient (Wildman–Crippen LogP) is 5.12. The third-order valence-corrected chi connectivity index (χ3v) is 5.36. The fourth-order valence-electron chi connectivity index (χ4n) is 3.28. The molecule has 9 heteroatoms. The number of nitrogens with one attached hydrogen (secondary N) is 1. The molecule has 2 aromatic carbocycles. The highest BCUT2D eigenvalue weighted by atomic mass is 16.6. The summed E-state index contributed by atoms with van der Waals surface area (Å²) in [5.41, 5.74) is 0.859. The zero-order valence-electron chi connectivity index (χ0n) is 23.5. The van der Waals surface area contributed by atoms with Crippen molar-refractivity contribution in [1.29, 1.82) is 0 Å². The fraction of sp³-hybridized carbons (Fsp3) is 0.367. The number of hydrogen-bond acceptors (Lipinski definition) is 8. The second kappa shape index (κ2) is 14.6. The number of rotatable bonds is 13. The molecule has 39 heavy (non-hydrogen) atoms. The van der Waals surface area contributed by atoms with Gasteiger partial charge in [-0.15, -0.1) is 0 Å². The van der Waals surface area contributed by atoms with Crippen LogP contribution in [-0.2, 0) is 14.3 Å². The average Bonchev–Trinajstić information content (AvgIpc) is 2.91. The molecule has 0 saturated heterocycles. The molecule has 0 heterocycles. The molecule has 0 aliphatic carbocycles. The van der Waals surface area contributed by atoms with Crippen LogP contribution in [0.4, 0.5) is 4.79 Å². The maximum atomic E-state index is 12.6. The van der Waals surface area contributed by atoms with Crippen molar-refractivity contribution in [1.82, 2.24) is 5.32 Å². The number of carbonyl (C=O) groups excluding carboxylic acids is 3. The van der Waals surface area contributed by atoms with Crippen molar-refractivity contribution in [3.05, 3.63) is 59.7 Å². The highest BCUT2D eigenvalue weighted by Crippen LogP contribution is 2.29. The highest BCUT2D eigenvalue weighted by molar-refractivity contribution is 6.13. The second-order valence-electron chi connectivity index (χ2n) is 9.49. The van der Waals surface area contributed by atoms with E-state index in [1.54, 1.807) is 83.4 Å². The summed E-state index contributed by atoms with van der Waals surface area (Å²) in [7, 11) is 4.59. The summed E-state index contributed by atoms with van der Waals surface area (Å²) in [6.45, 7) is 7.38. The number of benzene rings is 2. The van der Waals surface area contributed by atoms with E-state index in [1.165, 1.54) is 26.4 Å². The van der Waals surface area contributed by atoms with Gasteiger partial charge in [-0.1, -0.05) is 24.3 Å². The molecular formula is C30H37NO8. The molecule has 0 bridgehead atoms. The SMILES string of the molecule is COc1ccc(/C=C/C(=O)[C@@H](C)C(=O)/C=C/c2ccc(OCCNC(=O)OC(C)(C)C)c(OC)c2)cc1OC. The number of carbonyl (C=O) groups is 3. The van der Waals surface area contributed by atoms with Crippen LogP contribution in [0, 0.1) is 5.92 Å². The van der Waals surface area contributed by atoms with Gasteiger partial charge >= 0.3 is 6.09 Å². The Hall–Kier alpha value is -4.27. The Morgan fingerprint density at radius 1 is 0.795 bits per heavy atom. The van der Waals surface area contributed by atoms with Crippen LogP contribution in [0.2, 0.25) is 0 Å². The van der Waals surface area contributed by atoms with E-state index in [0.717, 1.165) is 5.56 Å². The summed E-state index contributed by atoms with van der Waals surface area (Å²) >= 11 is 0. The first-order valence-corrected chi connectivity index (χ1v) is 12.4. The van der Waals surface area contributed by atoms with Gasteiger partial charge in [-0.3, -0.25) is 9.59 Å². The molecular weight excluding hydrogens is 502 g/mol. The first-order valence-electron chi connectivity index (χ1n) is 12.4. The van der Waals surface area contributed by atoms with Gasteiger partial charge in [0.1, 0.15) is 12.2 Å². The molecule has 1 atom stereocenters. The minimum Gasteiger partial charge on any atom is -0.493 e. The average molecular weight is 540 g/mol. The number of allylic oxidation sites excluding steroid dienone is 2. The Balaban J connectivity index is 1.94. The molecule has 0 aliphatic rings. The van der Waals surface area contributed by atoms with Gasteiger partial charge in [0.15, 0.2) is 34.6 Å². The number of hydrogen-bond donors (Lipinski definition) is 1. The maximum absolute atomic E-state index is 12.6. The molecule has 0 aromatic heterocycles. The smallest absolute Gasteiger partial charge is 0.407 e. The molecule has 9 nitrogen and oxygen atoms in total. The van der Waals surface area contributed by atoms with Gasteiger partial charge in [-0.25, -0.2) is 4.79 Å². The van der Waals surface area contributed by atoms with E-state index in [1.807, 2.05) is 0 Å². The number of ether oxygens (including phenoxy) is 5. The summed E-state index contributed by atoms with van der Waals surface area (Å²) in [5, 5.41) is 2.62. The van der Waals surface area contributed by atoms with Gasteiger partial charge < -0.3 is 29.0 Å². The van der Waals surface area contributed by atoms with Crippen LogP contribution in [0.15, 0.2) is 48.6 Å². The lowest BCUT2D eigenvalue weighted by molar-refractivity contribution is -0.126. The third-order valence-electron chi connectivity index (χ3n) is 5.36. The lowest BCUT2D eigenvalue weighted by Gasteiger charge is -2.19. The zero-order chi connectivity index (χ0) is 29.0. The Morgan fingerprint density at radius 3 is 1.77 bits per heavy atom. The van der Waals surface area contributed by atoms with E-state index in [9.17, 15) is 14.4 Å². The minimum atomic E-state index is -0.848. The van der Waals surface area contributed by atoms with Crippen molar-refractivity contribution in [3.8, 4) is 23.0 Å². The standard InChI is InChI=1S/C30H37NO8/c1-20(23(32)12-8-21-10-14-25(35-5)27(18-21)36-6)24(33)13-9-22-11-15-26(28(19-22)37-7)38-17-16-31-29(34)39-30(2,3)4/h8-15,18-20H,16-17H2,1-7H3,(H,31,34)/b12-8+,13-9+/t20-/m1/s1. The summed E-state index contributed by atoms with van der Waals surface area (Å²) < 4.78 is 26.8. The van der Waals surface area contributed by atoms with Crippen LogP contribution in [0.5, 0.6) is 23.0 Å². The summed E-state index contributed by atoms with van der Waals surface area (Å²) in [4.78, 5) is 36.9. The first-order chi connectivity index (χ1) is 18.5. The van der Waals surface area contributed by atoms with Crippen LogP contribution in [0.1, 0.15) is 38.8 Å². The Kier molecular flexibility index (Phi) is 11.6. The Bertz CT molecular complexity index is 1210. The number of ketones is 2. The Labute approximate surface area is 229 Å². The van der Waals surface area contributed by atoms with Crippen molar-refractivity contribution in [3.63, 3.8) is 0 Å². The maximum Gasteiger partial charge on any atom is 0.407 e. The molecule has 1 amide bonds. The molecule has 0 aliphatic heterocycles. The molecule has 1 N–H and O–H groups in total. The van der Waals surface area contributed by atoms with Crippen molar-refractivity contribution < 1.29 is 38.1 Å². The van der Waals surface area contributed by atoms with Gasteiger partial charge in [0.2, 0.25) is 0 Å². The van der Waals surface area contributed by atoms with Crippen molar-refractivity contribution in [2.45, 2.75) is 33.3 Å². The molecule has 0 radical (unpaired) electrons. The van der Waals surface area contributed by atoms with E-state index >= 15 is 0 Å². The van der Waals surface area contributed by atoms with E-state index in [4.69, 9.17) is 23.7 Å². The topological polar surface area (TPSA) is 109 Å². The zero-order valence-corrected chi connectivity index (χ0v) is 23.5. The molecule has 0 fully saturated rings. The normalized spacial score (nSPS) is 12.2. The van der Waals surface area contributed by atoms with Crippen LogP contribution in [0.25, 0.3) is 12.2 Å². The predicted molar refractivity (Wildman–Crippen MR) is 150 cm³/mol. The van der Waals surface area contributed by atoms with Gasteiger partial charge in [0.05, 0.1) is 33.8 Å². The second-order valence-corrected chi connectivity index (χ2v) is 9.49. The van der Waals surface area contributed by atoms with Crippen molar-refractivity contribution in [2.75, 3.05) is 34.5 Å². The molecule has 210 valence electrons. The molecule has 0 spiro atoms. The fourth-order valence-corrected chi connectivity index (χ4v) is 3.28. The van der Waals surface area contributed by atoms with Crippen molar-refractivity contribution in [2.24, 2.45) is 5.92 Å². The lowest BCUT2D eigenvalue weighted by atomic mass is 9.99. The first kappa shape index (κ1) is 31.0. The van der Waals surface area contributed by atoms with Gasteiger partial charge in [0.25, 0.3) is 0 Å². The van der Waals surface area contributed by atoms with Crippen molar-refractivity contribution >= 4 is 29.8 Å². The van der Waals surface area contributed by atoms with E-state index < -0.39 is 17.6 Å². The highest BCUT2D eigenvalue weighted by Gasteiger charge is 2.17. The molecule has 0 saturated carbocycles.